The van der Waals surface area contributed by atoms with Gasteiger partial charge in [0.25, 0.3) is 5.56 Å². The van der Waals surface area contributed by atoms with Crippen LogP contribution in [-0.4, -0.2) is 40.9 Å². The van der Waals surface area contributed by atoms with Crippen LogP contribution >= 0.6 is 0 Å². The van der Waals surface area contributed by atoms with Gasteiger partial charge in [0.2, 0.25) is 0 Å². The van der Waals surface area contributed by atoms with Crippen molar-refractivity contribution in [2.75, 3.05) is 19.0 Å². The van der Waals surface area contributed by atoms with E-state index < -0.39 is 17.7 Å². The van der Waals surface area contributed by atoms with Crippen molar-refractivity contribution in [3.63, 3.8) is 0 Å². The number of para-hydroxylation sites is 1. The Hall–Kier alpha value is -3.88. The number of aromatic nitrogens is 2. The largest absolute Gasteiger partial charge is 0.469 e. The number of methoxy groups -OCH3 is 1. The average Bonchev–Trinajstić information content (AvgIpc) is 2.92. The Morgan fingerprint density at radius 3 is 2.35 bits per heavy atom. The molecule has 0 spiro atoms. The van der Waals surface area contributed by atoms with Crippen LogP contribution in [0.5, 0.6) is 0 Å². The minimum Gasteiger partial charge on any atom is -0.469 e. The highest BCUT2D eigenvalue weighted by Crippen LogP contribution is 2.25. The highest BCUT2D eigenvalue weighted by Gasteiger charge is 2.25. The van der Waals surface area contributed by atoms with Gasteiger partial charge in [-0.2, -0.15) is 0 Å². The molecule has 0 bridgehead atoms. The van der Waals surface area contributed by atoms with Gasteiger partial charge in [-0.1, -0.05) is 44.5 Å². The molecule has 1 aromatic heterocycles. The minimum absolute atomic E-state index is 0.0935. The fourth-order valence-electron chi connectivity index (χ4n) is 4.65. The highest BCUT2D eigenvalue weighted by atomic mass is 16.6. The van der Waals surface area contributed by atoms with E-state index in [-0.39, 0.29) is 17.4 Å². The number of unbranched alkanes of at least 4 members (excludes halogenated alkanes) is 1. The second-order valence-electron chi connectivity index (χ2n) is 10.8. The topological polar surface area (TPSA) is 112 Å². The molecule has 2 aromatic carbocycles. The van der Waals surface area contributed by atoms with E-state index in [1.54, 1.807) is 25.3 Å². The molecule has 0 aliphatic rings. The van der Waals surface area contributed by atoms with Gasteiger partial charge < -0.3 is 20.1 Å². The second-order valence-corrected chi connectivity index (χ2v) is 10.8. The Morgan fingerprint density at radius 2 is 1.73 bits per heavy atom. The molecule has 3 aromatic rings. The van der Waals surface area contributed by atoms with Crippen LogP contribution in [0, 0.1) is 5.92 Å². The van der Waals surface area contributed by atoms with Crippen molar-refractivity contribution in [1.29, 1.82) is 0 Å². The van der Waals surface area contributed by atoms with Crippen molar-refractivity contribution in [1.82, 2.24) is 14.9 Å². The number of alkyl carbamates (subject to hydrolysis) is 1. The van der Waals surface area contributed by atoms with Gasteiger partial charge in [0.1, 0.15) is 11.4 Å². The van der Waals surface area contributed by atoms with Crippen LogP contribution in [-0.2, 0) is 14.3 Å². The SMILES string of the molecule is CC[C@@H](CCCCNc1cccc2nc([C@H](CC)NC(=O)OC(C)(C)C)n(-c3ccccc3)c(=O)c12)C(=O)OC. The number of esters is 1. The number of ether oxygens (including phenoxy) is 2. The third-order valence-corrected chi connectivity index (χ3v) is 6.67. The average molecular weight is 551 g/mol. The van der Waals surface area contributed by atoms with E-state index in [4.69, 9.17) is 14.5 Å². The summed E-state index contributed by atoms with van der Waals surface area (Å²) in [6, 6.07) is 14.3. The molecular formula is C31H42N4O5. The standard InChI is InChI=1S/C31H42N4O5/c1-7-21(29(37)39-6)15-12-13-20-32-24-18-14-19-25-26(24)28(36)35(22-16-10-9-11-17-22)27(33-25)23(8-2)34-30(38)40-31(3,4)5/h9-11,14,16-19,21,23,32H,7-8,12-13,15,20H2,1-6H3,(H,34,38)/t21-,23-/m0/s1. The third kappa shape index (κ3) is 7.83. The first-order chi connectivity index (χ1) is 19.1. The quantitative estimate of drug-likeness (QED) is 0.206. The number of rotatable bonds is 12. The van der Waals surface area contributed by atoms with Crippen molar-refractivity contribution in [3.8, 4) is 5.69 Å². The molecule has 0 aliphatic carbocycles. The van der Waals surface area contributed by atoms with E-state index in [0.29, 0.717) is 41.1 Å². The zero-order valence-electron chi connectivity index (χ0n) is 24.5. The van der Waals surface area contributed by atoms with Gasteiger partial charge in [-0.05, 0) is 70.7 Å². The molecule has 0 fully saturated rings. The molecule has 1 heterocycles. The van der Waals surface area contributed by atoms with Crippen LogP contribution in [0.25, 0.3) is 16.6 Å². The first-order valence-corrected chi connectivity index (χ1v) is 14.0. The molecule has 9 heteroatoms. The molecule has 40 heavy (non-hydrogen) atoms. The number of fused-ring (bicyclic) bond motifs is 1. The number of hydrogen-bond acceptors (Lipinski definition) is 7. The lowest BCUT2D eigenvalue weighted by atomic mass is 9.99. The zero-order chi connectivity index (χ0) is 29.3. The smallest absolute Gasteiger partial charge is 0.408 e. The van der Waals surface area contributed by atoms with Gasteiger partial charge in [0.15, 0.2) is 0 Å². The molecule has 216 valence electrons. The first kappa shape index (κ1) is 30.7. The maximum atomic E-state index is 14.1. The lowest BCUT2D eigenvalue weighted by molar-refractivity contribution is -0.145. The number of benzene rings is 2. The Kier molecular flexibility index (Phi) is 10.7. The third-order valence-electron chi connectivity index (χ3n) is 6.67. The van der Waals surface area contributed by atoms with Crippen LogP contribution in [0.4, 0.5) is 10.5 Å². The van der Waals surface area contributed by atoms with E-state index in [9.17, 15) is 14.4 Å². The van der Waals surface area contributed by atoms with Gasteiger partial charge in [-0.25, -0.2) is 9.78 Å². The lowest BCUT2D eigenvalue weighted by Crippen LogP contribution is -2.37. The Morgan fingerprint density at radius 1 is 1.00 bits per heavy atom. The molecule has 2 atom stereocenters. The van der Waals surface area contributed by atoms with Crippen molar-refractivity contribution in [2.45, 2.75) is 78.4 Å². The van der Waals surface area contributed by atoms with E-state index in [2.05, 4.69) is 10.6 Å². The predicted octanol–water partition coefficient (Wildman–Crippen LogP) is 6.14. The van der Waals surface area contributed by atoms with Crippen LogP contribution in [0.2, 0.25) is 0 Å². The first-order valence-electron chi connectivity index (χ1n) is 14.0. The summed E-state index contributed by atoms with van der Waals surface area (Å²) in [4.78, 5) is 43.5. The molecule has 2 N–H and O–H groups in total. The lowest BCUT2D eigenvalue weighted by Gasteiger charge is -2.25. The van der Waals surface area contributed by atoms with Crippen molar-refractivity contribution < 1.29 is 19.1 Å². The molecule has 0 unspecified atom stereocenters. The van der Waals surface area contributed by atoms with Crippen LogP contribution in [0.3, 0.4) is 0 Å². The molecule has 1 amide bonds. The van der Waals surface area contributed by atoms with Gasteiger partial charge in [-0.3, -0.25) is 14.2 Å². The fourth-order valence-corrected chi connectivity index (χ4v) is 4.65. The molecule has 0 saturated heterocycles. The van der Waals surface area contributed by atoms with E-state index in [0.717, 1.165) is 25.7 Å². The molecule has 0 saturated carbocycles. The number of nitrogens with one attached hydrogen (secondary N) is 2. The van der Waals surface area contributed by atoms with E-state index in [1.165, 1.54) is 7.11 Å². The summed E-state index contributed by atoms with van der Waals surface area (Å²) in [6.45, 7) is 9.96. The predicted molar refractivity (Wildman–Crippen MR) is 158 cm³/mol. The molecular weight excluding hydrogens is 508 g/mol. The summed E-state index contributed by atoms with van der Waals surface area (Å²) in [5.74, 6) is 0.172. The maximum absolute atomic E-state index is 14.1. The number of carbonyl (C=O) groups excluding carboxylic acids is 2. The van der Waals surface area contributed by atoms with Crippen molar-refractivity contribution in [2.24, 2.45) is 5.92 Å². The second kappa shape index (κ2) is 14.0. The number of nitrogens with zero attached hydrogens (tertiary/aromatic N) is 2. The van der Waals surface area contributed by atoms with Gasteiger partial charge in [0, 0.05) is 12.2 Å². The minimum atomic E-state index is -0.657. The summed E-state index contributed by atoms with van der Waals surface area (Å²) >= 11 is 0. The summed E-state index contributed by atoms with van der Waals surface area (Å²) in [5, 5.41) is 6.78. The van der Waals surface area contributed by atoms with E-state index >= 15 is 0 Å². The van der Waals surface area contributed by atoms with Crippen molar-refractivity contribution >= 4 is 28.7 Å². The summed E-state index contributed by atoms with van der Waals surface area (Å²) < 4.78 is 11.9. The van der Waals surface area contributed by atoms with Crippen molar-refractivity contribution in [3.05, 3.63) is 64.7 Å². The Bertz CT molecular complexity index is 1350. The summed E-state index contributed by atoms with van der Waals surface area (Å²) in [7, 11) is 1.42. The Balaban J connectivity index is 1.94. The Labute approximate surface area is 236 Å². The van der Waals surface area contributed by atoms with Gasteiger partial charge >= 0.3 is 12.1 Å². The molecule has 0 aliphatic heterocycles. The number of carbonyl (C=O) groups is 2. The van der Waals surface area contributed by atoms with Crippen LogP contribution in [0.15, 0.2) is 53.3 Å². The van der Waals surface area contributed by atoms with E-state index in [1.807, 2.05) is 62.4 Å². The summed E-state index contributed by atoms with van der Waals surface area (Å²) in [5.41, 5.74) is 1.01. The zero-order valence-corrected chi connectivity index (χ0v) is 24.5. The van der Waals surface area contributed by atoms with Crippen LogP contribution in [0.1, 0.15) is 78.6 Å². The van der Waals surface area contributed by atoms with Gasteiger partial charge in [0.05, 0.1) is 35.7 Å². The normalized spacial score (nSPS) is 12.9. The molecule has 9 nitrogen and oxygen atoms in total. The number of anilines is 1. The van der Waals surface area contributed by atoms with Crippen LogP contribution < -0.4 is 16.2 Å². The summed E-state index contributed by atoms with van der Waals surface area (Å²) in [6.07, 6.45) is 3.14. The number of amides is 1. The monoisotopic (exact) mass is 550 g/mol. The maximum Gasteiger partial charge on any atom is 0.408 e. The molecule has 0 radical (unpaired) electrons. The number of hydrogen-bond donors (Lipinski definition) is 2. The highest BCUT2D eigenvalue weighted by molar-refractivity contribution is 5.91. The fraction of sp³-hybridized carbons (Fsp3) is 0.484. The van der Waals surface area contributed by atoms with Gasteiger partial charge in [-0.15, -0.1) is 0 Å². The molecule has 3 rings (SSSR count).